The Hall–Kier alpha value is -3.06. The number of aryl methyl sites for hydroxylation is 1. The Bertz CT molecular complexity index is 1250. The van der Waals surface area contributed by atoms with Crippen LogP contribution < -0.4 is 4.74 Å². The van der Waals surface area contributed by atoms with E-state index in [1.54, 1.807) is 31.4 Å². The zero-order valence-corrected chi connectivity index (χ0v) is 19.5. The van der Waals surface area contributed by atoms with E-state index in [0.29, 0.717) is 5.75 Å². The molecule has 4 nitrogen and oxygen atoms in total. The second-order valence-corrected chi connectivity index (χ2v) is 11.8. The van der Waals surface area contributed by atoms with Crippen molar-refractivity contribution in [2.24, 2.45) is 0 Å². The van der Waals surface area contributed by atoms with Crippen LogP contribution in [0.2, 0.25) is 0 Å². The van der Waals surface area contributed by atoms with Gasteiger partial charge in [-0.1, -0.05) is 60.2 Å². The lowest BCUT2D eigenvalue weighted by molar-refractivity contribution is 0.386. The van der Waals surface area contributed by atoms with Gasteiger partial charge in [-0.25, -0.2) is 0 Å². The molecule has 0 spiro atoms. The molecule has 4 aromatic rings. The van der Waals surface area contributed by atoms with Gasteiger partial charge < -0.3 is 4.74 Å². The van der Waals surface area contributed by atoms with Crippen LogP contribution in [0.15, 0.2) is 129 Å². The SMILES string of the molecule is COc1cccc(S([OH+]S(=O)(=O)c2ccc(C)cc2)(c2ccccc2)c2ccccc2)c1. The highest BCUT2D eigenvalue weighted by atomic mass is 32.3. The molecule has 0 aliphatic heterocycles. The van der Waals surface area contributed by atoms with E-state index < -0.39 is 20.4 Å². The van der Waals surface area contributed by atoms with Crippen molar-refractivity contribution in [2.75, 3.05) is 7.11 Å². The summed E-state index contributed by atoms with van der Waals surface area (Å²) in [5, 5.41) is 0. The summed E-state index contributed by atoms with van der Waals surface area (Å²) in [4.78, 5) is 2.62. The summed E-state index contributed by atoms with van der Waals surface area (Å²) < 4.78 is 37.5. The Kier molecular flexibility index (Phi) is 6.37. The third-order valence-electron chi connectivity index (χ3n) is 5.08. The second kappa shape index (κ2) is 9.20. The first-order chi connectivity index (χ1) is 15.5. The first-order valence-electron chi connectivity index (χ1n) is 10.1. The third-order valence-corrected chi connectivity index (χ3v) is 10.5. The summed E-state index contributed by atoms with van der Waals surface area (Å²) in [5.41, 5.74) is 0.987. The van der Waals surface area contributed by atoms with Gasteiger partial charge >= 0.3 is 10.1 Å². The first-order valence-corrected chi connectivity index (χ1v) is 13.1. The molecule has 0 bridgehead atoms. The zero-order chi connectivity index (χ0) is 22.6. The lowest BCUT2D eigenvalue weighted by Gasteiger charge is -2.34. The van der Waals surface area contributed by atoms with Gasteiger partial charge in [0.15, 0.2) is 0 Å². The summed E-state index contributed by atoms with van der Waals surface area (Å²) in [7, 11) is -4.90. The van der Waals surface area contributed by atoms with Gasteiger partial charge in [-0.15, -0.1) is 8.42 Å². The van der Waals surface area contributed by atoms with Crippen LogP contribution in [0.4, 0.5) is 0 Å². The van der Waals surface area contributed by atoms with E-state index in [-0.39, 0.29) is 4.90 Å². The summed E-state index contributed by atoms with van der Waals surface area (Å²) >= 11 is 0. The van der Waals surface area contributed by atoms with Crippen molar-refractivity contribution in [2.45, 2.75) is 26.5 Å². The maximum absolute atomic E-state index is 13.7. The van der Waals surface area contributed by atoms with Crippen LogP contribution in [-0.2, 0) is 10.1 Å². The molecule has 0 saturated carbocycles. The Morgan fingerprint density at radius 3 is 1.69 bits per heavy atom. The Labute approximate surface area is 191 Å². The molecule has 32 heavy (non-hydrogen) atoms. The van der Waals surface area contributed by atoms with Crippen molar-refractivity contribution < 1.29 is 16.8 Å². The Morgan fingerprint density at radius 1 is 0.625 bits per heavy atom. The van der Waals surface area contributed by atoms with Gasteiger partial charge in [0.2, 0.25) is 0 Å². The van der Waals surface area contributed by atoms with Crippen molar-refractivity contribution in [3.63, 3.8) is 0 Å². The molecular weight excluding hydrogens is 440 g/mol. The molecule has 0 amide bonds. The molecule has 0 fully saturated rings. The van der Waals surface area contributed by atoms with Crippen LogP contribution in [0.5, 0.6) is 5.75 Å². The first kappa shape index (κ1) is 22.1. The molecule has 0 aliphatic carbocycles. The highest BCUT2D eigenvalue weighted by Gasteiger charge is 2.43. The van der Waals surface area contributed by atoms with Gasteiger partial charge in [-0.05, 0) is 61.5 Å². The van der Waals surface area contributed by atoms with E-state index >= 15 is 0 Å². The molecule has 6 heteroatoms. The smallest absolute Gasteiger partial charge is 0.422 e. The second-order valence-electron chi connectivity index (χ2n) is 7.25. The average molecular weight is 466 g/mol. The van der Waals surface area contributed by atoms with Gasteiger partial charge in [0.25, 0.3) is 0 Å². The topological polar surface area (TPSA) is 56.2 Å². The van der Waals surface area contributed by atoms with Crippen LogP contribution in [0.1, 0.15) is 5.56 Å². The molecule has 0 atom stereocenters. The molecule has 0 unspecified atom stereocenters. The minimum atomic E-state index is -3.98. The third kappa shape index (κ3) is 4.30. The van der Waals surface area contributed by atoms with Crippen LogP contribution in [0.3, 0.4) is 0 Å². The molecule has 4 aromatic carbocycles. The molecule has 4 rings (SSSR count). The van der Waals surface area contributed by atoms with E-state index in [1.807, 2.05) is 91.9 Å². The lowest BCUT2D eigenvalue weighted by atomic mass is 10.2. The largest absolute Gasteiger partial charge is 0.497 e. The number of benzene rings is 4. The van der Waals surface area contributed by atoms with Crippen molar-refractivity contribution in [1.82, 2.24) is 0 Å². The zero-order valence-electron chi connectivity index (χ0n) is 17.9. The summed E-state index contributed by atoms with van der Waals surface area (Å²) in [5.74, 6) is 0.647. The van der Waals surface area contributed by atoms with E-state index in [9.17, 15) is 8.42 Å². The normalized spacial score (nSPS) is 12.3. The predicted molar refractivity (Wildman–Crippen MR) is 129 cm³/mol. The molecule has 0 aliphatic rings. The summed E-state index contributed by atoms with van der Waals surface area (Å²) in [6.45, 7) is 1.92. The van der Waals surface area contributed by atoms with E-state index in [2.05, 4.69) is 0 Å². The highest BCUT2D eigenvalue weighted by molar-refractivity contribution is 8.32. The summed E-state index contributed by atoms with van der Waals surface area (Å²) in [6, 6.07) is 33.6. The number of hydrogen-bond acceptors (Lipinski definition) is 3. The number of methoxy groups -OCH3 is 1. The van der Waals surface area contributed by atoms with E-state index in [1.165, 1.54) is 0 Å². The van der Waals surface area contributed by atoms with Crippen molar-refractivity contribution >= 4 is 20.4 Å². The number of rotatable bonds is 7. The molecular formula is C26H25O4S2+. The number of hydrogen-bond donors (Lipinski definition) is 0. The molecule has 0 radical (unpaired) electrons. The quantitative estimate of drug-likeness (QED) is 0.226. The van der Waals surface area contributed by atoms with Crippen LogP contribution in [-0.4, -0.2) is 19.2 Å². The molecule has 1 N–H and O–H groups in total. The fourth-order valence-corrected chi connectivity index (χ4v) is 8.97. The molecule has 0 aromatic heterocycles. The maximum Gasteiger partial charge on any atom is 0.422 e. The fraction of sp³-hybridized carbons (Fsp3) is 0.0769. The molecule has 0 heterocycles. The highest BCUT2D eigenvalue weighted by Crippen LogP contribution is 2.68. The van der Waals surface area contributed by atoms with Gasteiger partial charge in [-0.2, -0.15) is 0 Å². The Balaban J connectivity index is 2.01. The minimum Gasteiger partial charge on any atom is -0.497 e. The van der Waals surface area contributed by atoms with E-state index in [0.717, 1.165) is 20.2 Å². The van der Waals surface area contributed by atoms with Gasteiger partial charge in [0, 0.05) is 0 Å². The molecule has 164 valence electrons. The van der Waals surface area contributed by atoms with Crippen molar-refractivity contribution in [3.8, 4) is 5.75 Å². The predicted octanol–water partition coefficient (Wildman–Crippen LogP) is 6.68. The van der Waals surface area contributed by atoms with Crippen LogP contribution >= 0.6 is 10.3 Å². The van der Waals surface area contributed by atoms with Crippen LogP contribution in [0, 0.1) is 6.92 Å². The van der Waals surface area contributed by atoms with Gasteiger partial charge in [0.05, 0.1) is 32.1 Å². The van der Waals surface area contributed by atoms with Crippen LogP contribution in [0.25, 0.3) is 0 Å². The standard InChI is InChI=1S/C26H24O4S2/c1-21-16-18-25(19-17-21)32(27,28)30-31(23-11-5-3-6-12-23,24-13-7-4-8-14-24)26-15-9-10-22(20-26)29-2/h3-20H,1-2H3/p+1. The summed E-state index contributed by atoms with van der Waals surface area (Å²) in [6.07, 6.45) is 0. The maximum atomic E-state index is 13.7. The lowest BCUT2D eigenvalue weighted by Crippen LogP contribution is -2.18. The fourth-order valence-electron chi connectivity index (χ4n) is 3.46. The number of ether oxygens (including phenoxy) is 1. The monoisotopic (exact) mass is 465 g/mol. The van der Waals surface area contributed by atoms with Gasteiger partial charge in [-0.3, -0.25) is 3.63 Å². The van der Waals surface area contributed by atoms with Crippen molar-refractivity contribution in [1.29, 1.82) is 0 Å². The Morgan fingerprint density at radius 2 is 1.16 bits per heavy atom. The van der Waals surface area contributed by atoms with Crippen molar-refractivity contribution in [3.05, 3.63) is 115 Å². The molecule has 0 saturated heterocycles. The average Bonchev–Trinajstić information content (AvgIpc) is 2.84. The minimum absolute atomic E-state index is 0.176. The van der Waals surface area contributed by atoms with E-state index in [4.69, 9.17) is 8.37 Å². The van der Waals surface area contributed by atoms with Gasteiger partial charge in [0.1, 0.15) is 10.6 Å².